The second-order valence-corrected chi connectivity index (χ2v) is 5.54. The molecule has 1 fully saturated rings. The fourth-order valence-corrected chi connectivity index (χ4v) is 2.94. The second-order valence-electron chi connectivity index (χ2n) is 4.62. The van der Waals surface area contributed by atoms with E-state index in [2.05, 4.69) is 52.4 Å². The van der Waals surface area contributed by atoms with Crippen molar-refractivity contribution in [2.45, 2.75) is 25.8 Å². The first-order valence-electron chi connectivity index (χ1n) is 6.35. The lowest BCUT2D eigenvalue weighted by molar-refractivity contribution is 0.0327. The van der Waals surface area contributed by atoms with Gasteiger partial charge in [0.1, 0.15) is 0 Å². The zero-order valence-corrected chi connectivity index (χ0v) is 11.9. The largest absolute Gasteiger partial charge is 0.381 e. The van der Waals surface area contributed by atoms with E-state index in [4.69, 9.17) is 4.74 Å². The molecule has 1 aliphatic rings. The average Bonchev–Trinajstić information content (AvgIpc) is 2.32. The predicted molar refractivity (Wildman–Crippen MR) is 74.2 cm³/mol. The molecule has 2 nitrogen and oxygen atoms in total. The van der Waals surface area contributed by atoms with Gasteiger partial charge in [-0.2, -0.15) is 0 Å². The van der Waals surface area contributed by atoms with E-state index in [1.165, 1.54) is 5.56 Å². The van der Waals surface area contributed by atoms with E-state index in [1.807, 2.05) is 0 Å². The van der Waals surface area contributed by atoms with E-state index < -0.39 is 0 Å². The molecular formula is C14H20BrNO. The van der Waals surface area contributed by atoms with Gasteiger partial charge in [-0.05, 0) is 37.1 Å². The van der Waals surface area contributed by atoms with Crippen LogP contribution in [0.2, 0.25) is 0 Å². The number of hydrogen-bond acceptors (Lipinski definition) is 2. The van der Waals surface area contributed by atoms with Crippen LogP contribution in [0.25, 0.3) is 0 Å². The molecule has 2 rings (SSSR count). The number of halogens is 1. The Morgan fingerprint density at radius 1 is 1.47 bits per heavy atom. The third-order valence-corrected chi connectivity index (χ3v) is 3.82. The molecule has 0 aromatic heterocycles. The standard InChI is InChI=1S/C14H20BrNO/c1-2-16-14-6-7-17-10-12(14)8-11-4-3-5-13(15)9-11/h3-5,9,12,14,16H,2,6-8,10H2,1H3. The van der Waals surface area contributed by atoms with Gasteiger partial charge in [0.15, 0.2) is 0 Å². The molecule has 2 unspecified atom stereocenters. The summed E-state index contributed by atoms with van der Waals surface area (Å²) in [6, 6.07) is 9.18. The van der Waals surface area contributed by atoms with Crippen molar-refractivity contribution < 1.29 is 4.74 Å². The Balaban J connectivity index is 2.00. The SMILES string of the molecule is CCNC1CCOCC1Cc1cccc(Br)c1. The Hall–Kier alpha value is -0.380. The topological polar surface area (TPSA) is 21.3 Å². The van der Waals surface area contributed by atoms with Gasteiger partial charge in [0.25, 0.3) is 0 Å². The van der Waals surface area contributed by atoms with Crippen LogP contribution < -0.4 is 5.32 Å². The molecule has 0 amide bonds. The maximum Gasteiger partial charge on any atom is 0.0512 e. The summed E-state index contributed by atoms with van der Waals surface area (Å²) >= 11 is 3.53. The highest BCUT2D eigenvalue weighted by atomic mass is 79.9. The molecular weight excluding hydrogens is 278 g/mol. The third kappa shape index (κ3) is 3.80. The number of rotatable bonds is 4. The van der Waals surface area contributed by atoms with E-state index in [0.29, 0.717) is 12.0 Å². The van der Waals surface area contributed by atoms with Crippen molar-refractivity contribution in [2.24, 2.45) is 5.92 Å². The van der Waals surface area contributed by atoms with Crippen LogP contribution in [0.4, 0.5) is 0 Å². The first-order chi connectivity index (χ1) is 8.29. The van der Waals surface area contributed by atoms with E-state index in [1.54, 1.807) is 0 Å². The maximum atomic E-state index is 5.61. The molecule has 1 aliphatic heterocycles. The summed E-state index contributed by atoms with van der Waals surface area (Å²) in [5.74, 6) is 0.595. The molecule has 3 heteroatoms. The van der Waals surface area contributed by atoms with Crippen molar-refractivity contribution in [3.05, 3.63) is 34.3 Å². The molecule has 0 spiro atoms. The highest BCUT2D eigenvalue weighted by Gasteiger charge is 2.24. The van der Waals surface area contributed by atoms with Crippen LogP contribution in [0, 0.1) is 5.92 Å². The summed E-state index contributed by atoms with van der Waals surface area (Å²) in [5.41, 5.74) is 1.39. The van der Waals surface area contributed by atoms with E-state index in [-0.39, 0.29) is 0 Å². The summed E-state index contributed by atoms with van der Waals surface area (Å²) < 4.78 is 6.77. The van der Waals surface area contributed by atoms with Gasteiger partial charge in [-0.1, -0.05) is 35.0 Å². The molecule has 1 aromatic rings. The van der Waals surface area contributed by atoms with E-state index in [0.717, 1.165) is 37.1 Å². The molecule has 0 aliphatic carbocycles. The summed E-state index contributed by atoms with van der Waals surface area (Å²) in [7, 11) is 0. The van der Waals surface area contributed by atoms with Gasteiger partial charge in [-0.15, -0.1) is 0 Å². The van der Waals surface area contributed by atoms with Crippen LogP contribution in [0.5, 0.6) is 0 Å². The first-order valence-corrected chi connectivity index (χ1v) is 7.14. The molecule has 1 heterocycles. The van der Waals surface area contributed by atoms with E-state index >= 15 is 0 Å². The van der Waals surface area contributed by atoms with Crippen molar-refractivity contribution in [3.8, 4) is 0 Å². The Bertz CT molecular complexity index is 354. The summed E-state index contributed by atoms with van der Waals surface area (Å²) in [4.78, 5) is 0. The van der Waals surface area contributed by atoms with E-state index in [9.17, 15) is 0 Å². The average molecular weight is 298 g/mol. The van der Waals surface area contributed by atoms with Crippen LogP contribution in [-0.4, -0.2) is 25.8 Å². The molecule has 17 heavy (non-hydrogen) atoms. The third-order valence-electron chi connectivity index (χ3n) is 3.33. The van der Waals surface area contributed by atoms with Crippen LogP contribution in [0.1, 0.15) is 18.9 Å². The van der Waals surface area contributed by atoms with Crippen molar-refractivity contribution in [1.29, 1.82) is 0 Å². The highest BCUT2D eigenvalue weighted by molar-refractivity contribution is 9.10. The zero-order chi connectivity index (χ0) is 12.1. The smallest absolute Gasteiger partial charge is 0.0512 e. The van der Waals surface area contributed by atoms with Gasteiger partial charge >= 0.3 is 0 Å². The fraction of sp³-hybridized carbons (Fsp3) is 0.571. The monoisotopic (exact) mass is 297 g/mol. The molecule has 1 saturated heterocycles. The van der Waals surface area contributed by atoms with Gasteiger partial charge in [0.05, 0.1) is 6.61 Å². The minimum absolute atomic E-state index is 0.595. The Kier molecular flexibility index (Phi) is 5.01. The molecule has 1 aromatic carbocycles. The molecule has 1 N–H and O–H groups in total. The molecule has 0 radical (unpaired) electrons. The quantitative estimate of drug-likeness (QED) is 0.922. The number of benzene rings is 1. The minimum atomic E-state index is 0.595. The highest BCUT2D eigenvalue weighted by Crippen LogP contribution is 2.21. The van der Waals surface area contributed by atoms with Crippen molar-refractivity contribution in [3.63, 3.8) is 0 Å². The molecule has 2 atom stereocenters. The second kappa shape index (κ2) is 6.53. The van der Waals surface area contributed by atoms with Gasteiger partial charge in [-0.3, -0.25) is 0 Å². The number of ether oxygens (including phenoxy) is 1. The zero-order valence-electron chi connectivity index (χ0n) is 10.3. The van der Waals surface area contributed by atoms with Crippen LogP contribution >= 0.6 is 15.9 Å². The van der Waals surface area contributed by atoms with Crippen molar-refractivity contribution in [1.82, 2.24) is 5.32 Å². The van der Waals surface area contributed by atoms with Gasteiger partial charge < -0.3 is 10.1 Å². The van der Waals surface area contributed by atoms with Gasteiger partial charge in [-0.25, -0.2) is 0 Å². The fourth-order valence-electron chi connectivity index (χ4n) is 2.50. The number of hydrogen-bond donors (Lipinski definition) is 1. The molecule has 0 bridgehead atoms. The lowest BCUT2D eigenvalue weighted by Crippen LogP contribution is -2.43. The normalized spacial score (nSPS) is 24.8. The Morgan fingerprint density at radius 3 is 3.12 bits per heavy atom. The Labute approximate surface area is 112 Å². The van der Waals surface area contributed by atoms with Crippen LogP contribution in [0.15, 0.2) is 28.7 Å². The maximum absolute atomic E-state index is 5.61. The summed E-state index contributed by atoms with van der Waals surface area (Å²) in [6.07, 6.45) is 2.23. The molecule has 0 saturated carbocycles. The first kappa shape index (κ1) is 13.1. The lowest BCUT2D eigenvalue weighted by Gasteiger charge is -2.32. The summed E-state index contributed by atoms with van der Waals surface area (Å²) in [6.45, 7) is 4.99. The van der Waals surface area contributed by atoms with Crippen molar-refractivity contribution in [2.75, 3.05) is 19.8 Å². The Morgan fingerprint density at radius 2 is 2.35 bits per heavy atom. The van der Waals surface area contributed by atoms with Crippen molar-refractivity contribution >= 4 is 15.9 Å². The van der Waals surface area contributed by atoms with Crippen LogP contribution in [-0.2, 0) is 11.2 Å². The summed E-state index contributed by atoms with van der Waals surface area (Å²) in [5, 5.41) is 3.58. The molecule has 94 valence electrons. The number of nitrogens with one attached hydrogen (secondary N) is 1. The lowest BCUT2D eigenvalue weighted by atomic mass is 9.89. The van der Waals surface area contributed by atoms with Crippen LogP contribution in [0.3, 0.4) is 0 Å². The minimum Gasteiger partial charge on any atom is -0.381 e. The van der Waals surface area contributed by atoms with Gasteiger partial charge in [0, 0.05) is 23.0 Å². The van der Waals surface area contributed by atoms with Gasteiger partial charge in [0.2, 0.25) is 0 Å². The predicted octanol–water partition coefficient (Wildman–Crippen LogP) is 3.01.